The van der Waals surface area contributed by atoms with Crippen LogP contribution < -0.4 is 0 Å². The first-order valence-corrected chi connectivity index (χ1v) is 11.3. The van der Waals surface area contributed by atoms with E-state index in [1.807, 2.05) is 0 Å². The van der Waals surface area contributed by atoms with Gasteiger partial charge >= 0.3 is 0 Å². The molecule has 2 rings (SSSR count). The summed E-state index contributed by atoms with van der Waals surface area (Å²) in [7, 11) is 0. The molecule has 0 aliphatic carbocycles. The van der Waals surface area contributed by atoms with Gasteiger partial charge in [-0.2, -0.15) is 0 Å². The van der Waals surface area contributed by atoms with Crippen LogP contribution in [0.2, 0.25) is 0 Å². The van der Waals surface area contributed by atoms with E-state index in [4.69, 9.17) is 0 Å². The predicted octanol–water partition coefficient (Wildman–Crippen LogP) is 7.46. The van der Waals surface area contributed by atoms with Gasteiger partial charge in [-0.25, -0.2) is 0 Å². The highest BCUT2D eigenvalue weighted by Gasteiger charge is 2.04. The molecular weight excluding hydrogens is 328 g/mol. The van der Waals surface area contributed by atoms with Crippen molar-refractivity contribution in [1.29, 1.82) is 0 Å². The zero-order valence-corrected chi connectivity index (χ0v) is 16.8. The molecule has 0 aromatic carbocycles. The lowest BCUT2D eigenvalue weighted by Crippen LogP contribution is -1.87. The molecule has 2 heterocycles. The normalized spacial score (nSPS) is 10.6. The molecule has 0 bridgehead atoms. The number of hydrogen-bond acceptors (Lipinski definition) is 2. The molecule has 2 aromatic rings. The van der Waals surface area contributed by atoms with Gasteiger partial charge in [0.1, 0.15) is 0 Å². The smallest absolute Gasteiger partial charge is 0.0804 e. The minimum absolute atomic E-state index is 1.18. The van der Waals surface area contributed by atoms with Crippen LogP contribution in [-0.4, -0.2) is 0 Å². The van der Waals surface area contributed by atoms with E-state index >= 15 is 0 Å². The van der Waals surface area contributed by atoms with Crippen molar-refractivity contribution >= 4 is 22.7 Å². The Bertz CT molecular complexity index is 582. The molecule has 0 radical (unpaired) electrons. The van der Waals surface area contributed by atoms with Crippen LogP contribution >= 0.6 is 22.7 Å². The highest BCUT2D eigenvalue weighted by Crippen LogP contribution is 2.21. The molecule has 2 heteroatoms. The van der Waals surface area contributed by atoms with Crippen LogP contribution in [0.25, 0.3) is 0 Å². The highest BCUT2D eigenvalue weighted by atomic mass is 32.1. The summed E-state index contributed by atoms with van der Waals surface area (Å²) in [6.45, 7) is 4.53. The van der Waals surface area contributed by atoms with Gasteiger partial charge in [0.25, 0.3) is 0 Å². The van der Waals surface area contributed by atoms with Crippen molar-refractivity contribution in [3.63, 3.8) is 0 Å². The Morgan fingerprint density at radius 2 is 1.12 bits per heavy atom. The van der Waals surface area contributed by atoms with E-state index in [2.05, 4.69) is 48.6 Å². The highest BCUT2D eigenvalue weighted by molar-refractivity contribution is 7.11. The molecule has 0 nitrogen and oxygen atoms in total. The van der Waals surface area contributed by atoms with Gasteiger partial charge < -0.3 is 0 Å². The van der Waals surface area contributed by atoms with Crippen molar-refractivity contribution in [2.45, 2.75) is 78.1 Å². The van der Waals surface area contributed by atoms with Gasteiger partial charge in [0.2, 0.25) is 0 Å². The third kappa shape index (κ3) is 6.46. The third-order valence-electron chi connectivity index (χ3n) is 4.38. The average molecular weight is 359 g/mol. The maximum atomic E-state index is 3.46. The number of rotatable bonds is 10. The molecule has 24 heavy (non-hydrogen) atoms. The van der Waals surface area contributed by atoms with Crippen LogP contribution in [0.4, 0.5) is 0 Å². The van der Waals surface area contributed by atoms with E-state index in [1.54, 1.807) is 22.7 Å². The molecule has 0 aliphatic heterocycles. The van der Waals surface area contributed by atoms with Crippen molar-refractivity contribution < 1.29 is 0 Å². The van der Waals surface area contributed by atoms with E-state index in [1.165, 1.54) is 85.1 Å². The molecule has 0 unspecified atom stereocenters. The summed E-state index contributed by atoms with van der Waals surface area (Å²) in [6, 6.07) is 4.53. The lowest BCUT2D eigenvalue weighted by Gasteiger charge is -2.00. The average Bonchev–Trinajstić information content (AvgIpc) is 3.22. The SMILES string of the molecule is CCCCCCc1ccsc1C#Cc1sccc1CCCCCC. The number of thiophene rings is 2. The Morgan fingerprint density at radius 3 is 1.54 bits per heavy atom. The van der Waals surface area contributed by atoms with Crippen molar-refractivity contribution in [2.75, 3.05) is 0 Å². The van der Waals surface area contributed by atoms with Crippen LogP contribution in [0.1, 0.15) is 86.1 Å². The van der Waals surface area contributed by atoms with Gasteiger partial charge in [-0.05, 0) is 71.5 Å². The van der Waals surface area contributed by atoms with Gasteiger partial charge in [-0.3, -0.25) is 0 Å². The van der Waals surface area contributed by atoms with E-state index in [-0.39, 0.29) is 0 Å². The van der Waals surface area contributed by atoms with Gasteiger partial charge in [0.05, 0.1) is 9.75 Å². The maximum Gasteiger partial charge on any atom is 0.0804 e. The summed E-state index contributed by atoms with van der Waals surface area (Å²) in [5.41, 5.74) is 2.90. The zero-order chi connectivity index (χ0) is 17.0. The fourth-order valence-electron chi connectivity index (χ4n) is 2.88. The molecule has 0 saturated heterocycles. The predicted molar refractivity (Wildman–Crippen MR) is 110 cm³/mol. The van der Waals surface area contributed by atoms with Crippen molar-refractivity contribution in [3.05, 3.63) is 43.8 Å². The quantitative estimate of drug-likeness (QED) is 0.305. The Hall–Kier alpha value is -1.04. The van der Waals surface area contributed by atoms with Crippen molar-refractivity contribution in [2.24, 2.45) is 0 Å². The van der Waals surface area contributed by atoms with Gasteiger partial charge in [0, 0.05) is 0 Å². The monoisotopic (exact) mass is 358 g/mol. The fraction of sp³-hybridized carbons (Fsp3) is 0.545. The Balaban J connectivity index is 1.93. The summed E-state index contributed by atoms with van der Waals surface area (Å²) < 4.78 is 0. The molecule has 0 fully saturated rings. The van der Waals surface area contributed by atoms with Gasteiger partial charge in [-0.15, -0.1) is 22.7 Å². The van der Waals surface area contributed by atoms with Crippen molar-refractivity contribution in [1.82, 2.24) is 0 Å². The lowest BCUT2D eigenvalue weighted by atomic mass is 10.1. The molecule has 0 amide bonds. The minimum atomic E-state index is 1.18. The number of unbranched alkanes of at least 4 members (excludes halogenated alkanes) is 6. The van der Waals surface area contributed by atoms with E-state index in [9.17, 15) is 0 Å². The number of aryl methyl sites for hydroxylation is 2. The Morgan fingerprint density at radius 1 is 0.667 bits per heavy atom. The lowest BCUT2D eigenvalue weighted by molar-refractivity contribution is 0.667. The molecule has 2 aromatic heterocycles. The second kappa shape index (κ2) is 11.5. The van der Waals surface area contributed by atoms with E-state index in [0.29, 0.717) is 0 Å². The maximum absolute atomic E-state index is 3.46. The topological polar surface area (TPSA) is 0 Å². The van der Waals surface area contributed by atoms with Gasteiger partial charge in [-0.1, -0.05) is 52.4 Å². The molecule has 0 aliphatic rings. The second-order valence-corrected chi connectivity index (χ2v) is 8.25. The summed E-state index contributed by atoms with van der Waals surface area (Å²) >= 11 is 3.59. The van der Waals surface area contributed by atoms with E-state index < -0.39 is 0 Å². The Labute approximate surface area is 156 Å². The fourth-order valence-corrected chi connectivity index (χ4v) is 4.48. The van der Waals surface area contributed by atoms with Crippen LogP contribution in [0.15, 0.2) is 22.9 Å². The molecule has 0 N–H and O–H groups in total. The summed E-state index contributed by atoms with van der Waals surface area (Å²) in [5.74, 6) is 6.91. The van der Waals surface area contributed by atoms with Crippen LogP contribution in [0.5, 0.6) is 0 Å². The molecule has 130 valence electrons. The third-order valence-corrected chi connectivity index (χ3v) is 6.13. The summed E-state index contributed by atoms with van der Waals surface area (Å²) in [6.07, 6.45) is 12.9. The molecular formula is C22H30S2. The molecule has 0 saturated carbocycles. The minimum Gasteiger partial charge on any atom is -0.135 e. The first-order valence-electron chi connectivity index (χ1n) is 9.49. The van der Waals surface area contributed by atoms with Crippen LogP contribution in [0.3, 0.4) is 0 Å². The first-order chi connectivity index (χ1) is 11.8. The van der Waals surface area contributed by atoms with Crippen molar-refractivity contribution in [3.8, 4) is 11.8 Å². The first kappa shape index (κ1) is 19.3. The van der Waals surface area contributed by atoms with Gasteiger partial charge in [0.15, 0.2) is 0 Å². The molecule has 0 spiro atoms. The number of hydrogen-bond donors (Lipinski definition) is 0. The van der Waals surface area contributed by atoms with E-state index in [0.717, 1.165) is 0 Å². The summed E-state index contributed by atoms with van der Waals surface area (Å²) in [5, 5.41) is 4.39. The van der Waals surface area contributed by atoms with Crippen LogP contribution in [0, 0.1) is 11.8 Å². The molecule has 0 atom stereocenters. The standard InChI is InChI=1S/C22H30S2/c1-3-5-7-9-11-19-15-17-23-21(19)13-14-22-20(16-18-24-22)12-10-8-6-4-2/h15-18H,3-12H2,1-2H3. The Kier molecular flexibility index (Phi) is 9.24. The zero-order valence-electron chi connectivity index (χ0n) is 15.2. The van der Waals surface area contributed by atoms with Crippen LogP contribution in [-0.2, 0) is 12.8 Å². The largest absolute Gasteiger partial charge is 0.135 e. The summed E-state index contributed by atoms with van der Waals surface area (Å²) in [4.78, 5) is 2.55. The second-order valence-electron chi connectivity index (χ2n) is 6.42.